The van der Waals surface area contributed by atoms with Gasteiger partial charge in [0.25, 0.3) is 5.91 Å². The van der Waals surface area contributed by atoms with Crippen molar-refractivity contribution in [2.24, 2.45) is 0 Å². The monoisotopic (exact) mass is 350 g/mol. The van der Waals surface area contributed by atoms with Crippen molar-refractivity contribution in [3.8, 4) is 6.07 Å². The van der Waals surface area contributed by atoms with Crippen molar-refractivity contribution in [1.29, 1.82) is 5.26 Å². The fraction of sp³-hybridized carbons (Fsp3) is 0.100. The molecule has 0 radical (unpaired) electrons. The molecule has 5 heteroatoms. The minimum absolute atomic E-state index is 0.225. The van der Waals surface area contributed by atoms with E-state index in [-0.39, 0.29) is 11.7 Å². The van der Waals surface area contributed by atoms with Crippen LogP contribution in [0.1, 0.15) is 21.7 Å². The molecular weight excluding hydrogens is 336 g/mol. The van der Waals surface area contributed by atoms with Crippen LogP contribution < -0.4 is 0 Å². The summed E-state index contributed by atoms with van der Waals surface area (Å²) >= 11 is 5.98. The number of hydrogen-bond acceptors (Lipinski definition) is 3. The molecule has 25 heavy (non-hydrogen) atoms. The molecule has 4 nitrogen and oxygen atoms in total. The summed E-state index contributed by atoms with van der Waals surface area (Å²) in [6, 6.07) is 16.1. The van der Waals surface area contributed by atoms with Crippen LogP contribution in [-0.4, -0.2) is 17.4 Å². The summed E-state index contributed by atoms with van der Waals surface area (Å²) in [5.74, 6) is 0.0318. The maximum atomic E-state index is 12.8. The maximum absolute atomic E-state index is 12.8. The van der Waals surface area contributed by atoms with Crippen LogP contribution in [-0.2, 0) is 6.54 Å². The summed E-state index contributed by atoms with van der Waals surface area (Å²) in [7, 11) is 0. The zero-order valence-corrected chi connectivity index (χ0v) is 14.2. The number of benzene rings is 2. The number of halogens is 1. The molecule has 0 bridgehead atoms. The first-order valence-corrected chi connectivity index (χ1v) is 8.07. The van der Waals surface area contributed by atoms with Crippen LogP contribution in [0.2, 0.25) is 5.02 Å². The van der Waals surface area contributed by atoms with Gasteiger partial charge in [-0.1, -0.05) is 29.8 Å². The summed E-state index contributed by atoms with van der Waals surface area (Å²) in [5, 5.41) is 10.2. The minimum atomic E-state index is -0.225. The van der Waals surface area contributed by atoms with Crippen LogP contribution in [0.25, 0.3) is 11.0 Å². The zero-order valence-electron chi connectivity index (χ0n) is 13.4. The van der Waals surface area contributed by atoms with Gasteiger partial charge in [-0.2, -0.15) is 5.26 Å². The van der Waals surface area contributed by atoms with E-state index in [9.17, 15) is 4.79 Å². The Morgan fingerprint density at radius 1 is 1.24 bits per heavy atom. The predicted octanol–water partition coefficient (Wildman–Crippen LogP) is 4.79. The largest absolute Gasteiger partial charge is 0.451 e. The van der Waals surface area contributed by atoms with Crippen LogP contribution in [0.5, 0.6) is 0 Å². The summed E-state index contributed by atoms with van der Waals surface area (Å²) in [4.78, 5) is 14.4. The molecule has 1 amide bonds. The van der Waals surface area contributed by atoms with E-state index in [4.69, 9.17) is 21.3 Å². The Morgan fingerprint density at radius 3 is 2.68 bits per heavy atom. The molecule has 1 heterocycles. The molecule has 0 saturated carbocycles. The molecular formula is C20H15ClN2O2. The van der Waals surface area contributed by atoms with Crippen LogP contribution in [0.4, 0.5) is 0 Å². The molecule has 0 fully saturated rings. The van der Waals surface area contributed by atoms with E-state index in [1.807, 2.05) is 12.1 Å². The normalized spacial score (nSPS) is 10.4. The third-order valence-corrected chi connectivity index (χ3v) is 4.02. The molecule has 0 saturated heterocycles. The molecule has 0 aliphatic heterocycles. The van der Waals surface area contributed by atoms with Crippen molar-refractivity contribution in [3.63, 3.8) is 0 Å². The van der Waals surface area contributed by atoms with E-state index in [2.05, 4.69) is 12.6 Å². The van der Waals surface area contributed by atoms with Gasteiger partial charge in [0.2, 0.25) is 0 Å². The lowest BCUT2D eigenvalue weighted by Gasteiger charge is -2.20. The quantitative estimate of drug-likeness (QED) is 0.622. The predicted molar refractivity (Wildman–Crippen MR) is 97.3 cm³/mol. The lowest BCUT2D eigenvalue weighted by molar-refractivity contribution is 0.0733. The fourth-order valence-corrected chi connectivity index (χ4v) is 2.74. The van der Waals surface area contributed by atoms with Crippen LogP contribution >= 0.6 is 11.6 Å². The highest BCUT2D eigenvalue weighted by Crippen LogP contribution is 2.24. The number of furan rings is 1. The van der Waals surface area contributed by atoms with Crippen molar-refractivity contribution in [1.82, 2.24) is 4.90 Å². The molecule has 1 aromatic heterocycles. The van der Waals surface area contributed by atoms with E-state index in [0.29, 0.717) is 29.3 Å². The Balaban J connectivity index is 1.86. The van der Waals surface area contributed by atoms with Gasteiger partial charge in [0, 0.05) is 23.5 Å². The molecule has 0 atom stereocenters. The highest BCUT2D eigenvalue weighted by Gasteiger charge is 2.19. The van der Waals surface area contributed by atoms with Gasteiger partial charge < -0.3 is 9.32 Å². The molecule has 0 spiro atoms. The van der Waals surface area contributed by atoms with E-state index < -0.39 is 0 Å². The van der Waals surface area contributed by atoms with E-state index in [1.54, 1.807) is 47.4 Å². The first kappa shape index (κ1) is 16.8. The van der Waals surface area contributed by atoms with E-state index in [0.717, 1.165) is 10.9 Å². The molecule has 124 valence electrons. The summed E-state index contributed by atoms with van der Waals surface area (Å²) in [5.41, 5.74) is 2.12. The van der Waals surface area contributed by atoms with E-state index in [1.165, 1.54) is 0 Å². The van der Waals surface area contributed by atoms with Gasteiger partial charge in [-0.05, 0) is 42.0 Å². The fourth-order valence-electron chi connectivity index (χ4n) is 2.56. The topological polar surface area (TPSA) is 57.2 Å². The van der Waals surface area contributed by atoms with Crippen molar-refractivity contribution in [2.45, 2.75) is 6.54 Å². The number of nitrogens with zero attached hydrogens (tertiary/aromatic N) is 2. The third kappa shape index (κ3) is 3.73. The Labute approximate surface area is 150 Å². The maximum Gasteiger partial charge on any atom is 0.290 e. The number of nitriles is 1. The molecule has 0 N–H and O–H groups in total. The molecule has 0 aliphatic carbocycles. The van der Waals surface area contributed by atoms with Gasteiger partial charge >= 0.3 is 0 Å². The van der Waals surface area contributed by atoms with Crippen molar-refractivity contribution in [3.05, 3.63) is 83.1 Å². The number of carbonyl (C=O) groups is 1. The Kier molecular flexibility index (Phi) is 4.87. The van der Waals surface area contributed by atoms with Crippen LogP contribution in [0.3, 0.4) is 0 Å². The molecule has 0 aliphatic rings. The van der Waals surface area contributed by atoms with Crippen molar-refractivity contribution in [2.75, 3.05) is 6.54 Å². The number of amides is 1. The first-order valence-electron chi connectivity index (χ1n) is 7.69. The second-order valence-electron chi connectivity index (χ2n) is 5.58. The number of carbonyl (C=O) groups excluding carboxylic acids is 1. The second-order valence-corrected chi connectivity index (χ2v) is 6.01. The van der Waals surface area contributed by atoms with Crippen LogP contribution in [0, 0.1) is 11.3 Å². The standard InChI is InChI=1S/C20H15ClN2O2/c1-2-9-23(13-15-5-3-14(12-22)4-6-15)20(24)19-11-16-10-17(21)7-8-18(16)25-19/h2-8,10-11H,1,9,13H2. The van der Waals surface area contributed by atoms with Gasteiger partial charge in [0.1, 0.15) is 5.58 Å². The lowest BCUT2D eigenvalue weighted by Crippen LogP contribution is -2.30. The summed E-state index contributed by atoms with van der Waals surface area (Å²) in [6.07, 6.45) is 1.67. The molecule has 0 unspecified atom stereocenters. The van der Waals surface area contributed by atoms with Gasteiger partial charge in [-0.3, -0.25) is 4.79 Å². The first-order chi connectivity index (χ1) is 12.1. The van der Waals surface area contributed by atoms with Gasteiger partial charge in [-0.25, -0.2) is 0 Å². The smallest absolute Gasteiger partial charge is 0.290 e. The van der Waals surface area contributed by atoms with Gasteiger partial charge in [0.05, 0.1) is 11.6 Å². The van der Waals surface area contributed by atoms with Crippen molar-refractivity contribution >= 4 is 28.5 Å². The molecule has 2 aromatic carbocycles. The molecule has 3 aromatic rings. The lowest BCUT2D eigenvalue weighted by atomic mass is 10.1. The number of rotatable bonds is 5. The molecule has 3 rings (SSSR count). The Hall–Kier alpha value is -3.03. The third-order valence-electron chi connectivity index (χ3n) is 3.78. The highest BCUT2D eigenvalue weighted by atomic mass is 35.5. The average Bonchev–Trinajstić information content (AvgIpc) is 3.04. The SMILES string of the molecule is C=CCN(Cc1ccc(C#N)cc1)C(=O)c1cc2cc(Cl)ccc2o1. The Morgan fingerprint density at radius 2 is 2.00 bits per heavy atom. The van der Waals surface area contributed by atoms with Gasteiger partial charge in [0.15, 0.2) is 5.76 Å². The summed E-state index contributed by atoms with van der Waals surface area (Å²) < 4.78 is 5.66. The second kappa shape index (κ2) is 7.25. The summed E-state index contributed by atoms with van der Waals surface area (Å²) in [6.45, 7) is 4.50. The average molecular weight is 351 g/mol. The number of hydrogen-bond donors (Lipinski definition) is 0. The highest BCUT2D eigenvalue weighted by molar-refractivity contribution is 6.31. The van der Waals surface area contributed by atoms with Crippen LogP contribution in [0.15, 0.2) is 65.6 Å². The van der Waals surface area contributed by atoms with E-state index >= 15 is 0 Å². The Bertz CT molecular complexity index is 968. The van der Waals surface area contributed by atoms with Gasteiger partial charge in [-0.15, -0.1) is 6.58 Å². The van der Waals surface area contributed by atoms with Crippen molar-refractivity contribution < 1.29 is 9.21 Å². The minimum Gasteiger partial charge on any atom is -0.451 e. The number of fused-ring (bicyclic) bond motifs is 1. The zero-order chi connectivity index (χ0) is 17.8.